The first kappa shape index (κ1) is 18.4. The number of hydrogen-bond acceptors (Lipinski definition) is 5. The zero-order valence-corrected chi connectivity index (χ0v) is 15.8. The maximum Gasteiger partial charge on any atom is 0.256 e. The van der Waals surface area contributed by atoms with Crippen LogP contribution in [0, 0.1) is 0 Å². The van der Waals surface area contributed by atoms with Crippen LogP contribution in [0.3, 0.4) is 0 Å². The Morgan fingerprint density at radius 1 is 1.07 bits per heavy atom. The summed E-state index contributed by atoms with van der Waals surface area (Å²) < 4.78 is 5.36. The van der Waals surface area contributed by atoms with Gasteiger partial charge in [-0.2, -0.15) is 0 Å². The number of carbonyl (C=O) groups excluding carboxylic acids is 2. The van der Waals surface area contributed by atoms with Crippen LogP contribution in [-0.4, -0.2) is 54.5 Å². The van der Waals surface area contributed by atoms with Gasteiger partial charge in [0.05, 0.1) is 25.1 Å². The maximum atomic E-state index is 12.5. The van der Waals surface area contributed by atoms with Crippen LogP contribution in [0.15, 0.2) is 42.6 Å². The molecule has 1 N–H and O–H groups in total. The molecule has 0 saturated carbocycles. The van der Waals surface area contributed by atoms with Crippen LogP contribution in [0.5, 0.6) is 0 Å². The molecule has 0 aliphatic carbocycles. The molecular formula is C21H24N4O3. The Labute approximate surface area is 164 Å². The van der Waals surface area contributed by atoms with Crippen LogP contribution in [0.25, 0.3) is 0 Å². The predicted molar refractivity (Wildman–Crippen MR) is 106 cm³/mol. The molecule has 2 amide bonds. The van der Waals surface area contributed by atoms with Gasteiger partial charge in [-0.05, 0) is 36.2 Å². The lowest BCUT2D eigenvalue weighted by molar-refractivity contribution is -0.128. The fourth-order valence-corrected chi connectivity index (χ4v) is 3.51. The van der Waals surface area contributed by atoms with E-state index in [2.05, 4.69) is 15.2 Å². The summed E-state index contributed by atoms with van der Waals surface area (Å²) in [4.78, 5) is 32.6. The molecule has 2 fully saturated rings. The van der Waals surface area contributed by atoms with E-state index in [1.54, 1.807) is 18.3 Å². The van der Waals surface area contributed by atoms with E-state index in [9.17, 15) is 9.59 Å². The normalized spacial score (nSPS) is 17.1. The minimum Gasteiger partial charge on any atom is -0.378 e. The standard InChI is InChI=1S/C21H24N4O3/c26-20-2-1-9-25(20)15-16-3-5-17(6-4-16)21(27)23-19-8-7-18(14-22-19)24-10-12-28-13-11-24/h3-8,14H,1-2,9-13,15H2,(H,22,23,27). The van der Waals surface area contributed by atoms with E-state index in [0.29, 0.717) is 24.3 Å². The Bertz CT molecular complexity index is 830. The Kier molecular flexibility index (Phi) is 5.53. The minimum absolute atomic E-state index is 0.199. The number of likely N-dealkylation sites (tertiary alicyclic amines) is 1. The zero-order valence-electron chi connectivity index (χ0n) is 15.8. The van der Waals surface area contributed by atoms with E-state index in [1.165, 1.54) is 0 Å². The van der Waals surface area contributed by atoms with Crippen molar-refractivity contribution in [3.8, 4) is 0 Å². The van der Waals surface area contributed by atoms with Crippen LogP contribution >= 0.6 is 0 Å². The molecule has 0 atom stereocenters. The summed E-state index contributed by atoms with van der Waals surface area (Å²) in [6, 6.07) is 11.1. The highest BCUT2D eigenvalue weighted by Gasteiger charge is 2.20. The van der Waals surface area contributed by atoms with Crippen molar-refractivity contribution in [2.45, 2.75) is 19.4 Å². The van der Waals surface area contributed by atoms with E-state index in [4.69, 9.17) is 4.74 Å². The molecule has 146 valence electrons. The Balaban J connectivity index is 1.34. The molecule has 28 heavy (non-hydrogen) atoms. The lowest BCUT2D eigenvalue weighted by atomic mass is 10.1. The third kappa shape index (κ3) is 4.31. The second-order valence-electron chi connectivity index (χ2n) is 7.07. The number of pyridine rings is 1. The number of ether oxygens (including phenoxy) is 1. The topological polar surface area (TPSA) is 74.8 Å². The first-order valence-corrected chi connectivity index (χ1v) is 9.66. The van der Waals surface area contributed by atoms with Crippen LogP contribution < -0.4 is 10.2 Å². The van der Waals surface area contributed by atoms with Gasteiger partial charge in [-0.1, -0.05) is 12.1 Å². The van der Waals surface area contributed by atoms with Gasteiger partial charge in [0.2, 0.25) is 5.91 Å². The number of rotatable bonds is 5. The van der Waals surface area contributed by atoms with Crippen molar-refractivity contribution in [3.05, 3.63) is 53.7 Å². The van der Waals surface area contributed by atoms with Crippen molar-refractivity contribution in [1.29, 1.82) is 0 Å². The summed E-state index contributed by atoms with van der Waals surface area (Å²) in [5.74, 6) is 0.526. The number of anilines is 2. The molecule has 2 aliphatic rings. The minimum atomic E-state index is -0.199. The van der Waals surface area contributed by atoms with Crippen molar-refractivity contribution in [2.75, 3.05) is 43.1 Å². The summed E-state index contributed by atoms with van der Waals surface area (Å²) in [7, 11) is 0. The summed E-state index contributed by atoms with van der Waals surface area (Å²) in [5, 5.41) is 2.83. The Hall–Kier alpha value is -2.93. The molecule has 7 heteroatoms. The third-order valence-corrected chi connectivity index (χ3v) is 5.13. The fourth-order valence-electron chi connectivity index (χ4n) is 3.51. The van der Waals surface area contributed by atoms with Crippen molar-refractivity contribution in [1.82, 2.24) is 9.88 Å². The molecule has 4 rings (SSSR count). The number of benzene rings is 1. The molecule has 7 nitrogen and oxygen atoms in total. The van der Waals surface area contributed by atoms with Gasteiger partial charge in [0, 0.05) is 38.2 Å². The van der Waals surface area contributed by atoms with E-state index in [1.807, 2.05) is 29.2 Å². The second-order valence-corrected chi connectivity index (χ2v) is 7.07. The highest BCUT2D eigenvalue weighted by Crippen LogP contribution is 2.18. The van der Waals surface area contributed by atoms with Crippen molar-refractivity contribution < 1.29 is 14.3 Å². The fraction of sp³-hybridized carbons (Fsp3) is 0.381. The highest BCUT2D eigenvalue weighted by molar-refractivity contribution is 6.03. The number of hydrogen-bond donors (Lipinski definition) is 1. The van der Waals surface area contributed by atoms with Gasteiger partial charge in [0.1, 0.15) is 5.82 Å². The van der Waals surface area contributed by atoms with Crippen LogP contribution in [-0.2, 0) is 16.1 Å². The molecule has 1 aromatic carbocycles. The van der Waals surface area contributed by atoms with Gasteiger partial charge in [-0.3, -0.25) is 9.59 Å². The molecule has 2 saturated heterocycles. The molecule has 0 spiro atoms. The smallest absolute Gasteiger partial charge is 0.256 e. The van der Waals surface area contributed by atoms with E-state index in [-0.39, 0.29) is 11.8 Å². The van der Waals surface area contributed by atoms with Crippen LogP contribution in [0.2, 0.25) is 0 Å². The number of aromatic nitrogens is 1. The SMILES string of the molecule is O=C(Nc1ccc(N2CCOCC2)cn1)c1ccc(CN2CCCC2=O)cc1. The highest BCUT2D eigenvalue weighted by atomic mass is 16.5. The van der Waals surface area contributed by atoms with Gasteiger partial charge >= 0.3 is 0 Å². The average Bonchev–Trinajstić information content (AvgIpc) is 3.14. The summed E-state index contributed by atoms with van der Waals surface area (Å²) in [5.41, 5.74) is 2.62. The molecule has 0 radical (unpaired) electrons. The Morgan fingerprint density at radius 2 is 1.86 bits per heavy atom. The summed E-state index contributed by atoms with van der Waals surface area (Å²) >= 11 is 0. The molecule has 1 aromatic heterocycles. The van der Waals surface area contributed by atoms with Crippen molar-refractivity contribution >= 4 is 23.3 Å². The van der Waals surface area contributed by atoms with Gasteiger partial charge in [-0.15, -0.1) is 0 Å². The molecule has 2 aromatic rings. The lowest BCUT2D eigenvalue weighted by Crippen LogP contribution is -2.36. The largest absolute Gasteiger partial charge is 0.378 e. The van der Waals surface area contributed by atoms with Crippen LogP contribution in [0.1, 0.15) is 28.8 Å². The van der Waals surface area contributed by atoms with E-state index < -0.39 is 0 Å². The second kappa shape index (κ2) is 8.39. The molecule has 0 bridgehead atoms. The van der Waals surface area contributed by atoms with Gasteiger partial charge in [0.25, 0.3) is 5.91 Å². The first-order valence-electron chi connectivity index (χ1n) is 9.66. The van der Waals surface area contributed by atoms with Crippen LogP contribution in [0.4, 0.5) is 11.5 Å². The molecule has 3 heterocycles. The zero-order chi connectivity index (χ0) is 19.3. The maximum absolute atomic E-state index is 12.5. The lowest BCUT2D eigenvalue weighted by Gasteiger charge is -2.28. The van der Waals surface area contributed by atoms with Gasteiger partial charge in [0.15, 0.2) is 0 Å². The average molecular weight is 380 g/mol. The van der Waals surface area contributed by atoms with Crippen molar-refractivity contribution in [2.24, 2.45) is 0 Å². The first-order chi connectivity index (χ1) is 13.7. The summed E-state index contributed by atoms with van der Waals surface area (Å²) in [6.07, 6.45) is 3.34. The monoisotopic (exact) mass is 380 g/mol. The number of amides is 2. The number of nitrogens with one attached hydrogen (secondary N) is 1. The summed E-state index contributed by atoms with van der Waals surface area (Å²) in [6.45, 7) is 4.56. The van der Waals surface area contributed by atoms with Gasteiger partial charge < -0.3 is 19.9 Å². The predicted octanol–water partition coefficient (Wildman–Crippen LogP) is 2.29. The molecule has 0 unspecified atom stereocenters. The molecular weight excluding hydrogens is 356 g/mol. The number of morpholine rings is 1. The Morgan fingerprint density at radius 3 is 2.50 bits per heavy atom. The number of carbonyl (C=O) groups is 2. The van der Waals surface area contributed by atoms with Gasteiger partial charge in [-0.25, -0.2) is 4.98 Å². The molecule has 2 aliphatic heterocycles. The quantitative estimate of drug-likeness (QED) is 0.862. The third-order valence-electron chi connectivity index (χ3n) is 5.13. The van der Waals surface area contributed by atoms with E-state index >= 15 is 0 Å². The van der Waals surface area contributed by atoms with Crippen molar-refractivity contribution in [3.63, 3.8) is 0 Å². The number of nitrogens with zero attached hydrogens (tertiary/aromatic N) is 3. The van der Waals surface area contributed by atoms with E-state index in [0.717, 1.165) is 50.5 Å².